The van der Waals surface area contributed by atoms with Crippen LogP contribution in [-0.4, -0.2) is 60.5 Å². The van der Waals surface area contributed by atoms with E-state index in [4.69, 9.17) is 0 Å². The van der Waals surface area contributed by atoms with Gasteiger partial charge in [-0.25, -0.2) is 0 Å². The number of hydrogen-bond donors (Lipinski definition) is 2. The molecule has 0 unspecified atom stereocenters. The van der Waals surface area contributed by atoms with Gasteiger partial charge in [0.05, 0.1) is 5.41 Å². The third-order valence-corrected chi connectivity index (χ3v) is 6.70. The Bertz CT molecular complexity index is 458. The van der Waals surface area contributed by atoms with Gasteiger partial charge in [0.2, 0.25) is 5.91 Å². The van der Waals surface area contributed by atoms with Crippen LogP contribution >= 0.6 is 35.7 Å². The number of nitrogens with zero attached hydrogens (tertiary/aromatic N) is 2. The van der Waals surface area contributed by atoms with Crippen molar-refractivity contribution in [1.29, 1.82) is 0 Å². The highest BCUT2D eigenvalue weighted by Crippen LogP contribution is 2.42. The van der Waals surface area contributed by atoms with E-state index in [0.29, 0.717) is 17.8 Å². The number of hydrogen-bond acceptors (Lipinski definition) is 3. The van der Waals surface area contributed by atoms with Crippen LogP contribution < -0.4 is 10.6 Å². The zero-order valence-electron chi connectivity index (χ0n) is 16.2. The summed E-state index contributed by atoms with van der Waals surface area (Å²) in [5, 5.41) is 6.36. The Hall–Kier alpha value is -0.180. The standard InChI is InChI=1S/C18H34N4OS.HI/c1-5-20-15(23)17(2,3)13-21-16(19-4)22-11-12-24-18(14-22)9-7-6-8-10-18;/h5-14H2,1-4H3,(H,19,21)(H,20,23);1H. The van der Waals surface area contributed by atoms with Gasteiger partial charge in [0, 0.05) is 43.7 Å². The molecule has 2 fully saturated rings. The molecular formula is C18H35IN4OS. The molecule has 0 aromatic carbocycles. The lowest BCUT2D eigenvalue weighted by Gasteiger charge is -2.45. The van der Waals surface area contributed by atoms with Crippen molar-refractivity contribution in [2.75, 3.05) is 39.0 Å². The van der Waals surface area contributed by atoms with Gasteiger partial charge in [0.1, 0.15) is 0 Å². The Morgan fingerprint density at radius 3 is 2.52 bits per heavy atom. The maximum absolute atomic E-state index is 12.2. The van der Waals surface area contributed by atoms with Crippen molar-refractivity contribution < 1.29 is 4.79 Å². The van der Waals surface area contributed by atoms with Crippen LogP contribution in [-0.2, 0) is 4.79 Å². The average molecular weight is 482 g/mol. The second-order valence-corrected chi connectivity index (χ2v) is 9.22. The first kappa shape index (κ1) is 22.9. The summed E-state index contributed by atoms with van der Waals surface area (Å²) in [7, 11) is 1.84. The number of carbonyl (C=O) groups is 1. The molecule has 2 N–H and O–H groups in total. The summed E-state index contributed by atoms with van der Waals surface area (Å²) in [4.78, 5) is 19.1. The minimum Gasteiger partial charge on any atom is -0.356 e. The molecule has 5 nitrogen and oxygen atoms in total. The Morgan fingerprint density at radius 2 is 1.92 bits per heavy atom. The summed E-state index contributed by atoms with van der Waals surface area (Å²) < 4.78 is 0.420. The second kappa shape index (κ2) is 10.2. The van der Waals surface area contributed by atoms with Crippen LogP contribution in [0.25, 0.3) is 0 Å². The normalized spacial score (nSPS) is 20.8. The van der Waals surface area contributed by atoms with Gasteiger partial charge in [-0.2, -0.15) is 11.8 Å². The maximum atomic E-state index is 12.2. The summed E-state index contributed by atoms with van der Waals surface area (Å²) in [5.41, 5.74) is -0.445. The molecule has 2 aliphatic rings. The Balaban J connectivity index is 0.00000312. The molecule has 146 valence electrons. The van der Waals surface area contributed by atoms with E-state index >= 15 is 0 Å². The van der Waals surface area contributed by atoms with Gasteiger partial charge in [0.15, 0.2) is 5.96 Å². The third-order valence-electron chi connectivity index (χ3n) is 5.17. The first-order valence-corrected chi connectivity index (χ1v) is 10.3. The van der Waals surface area contributed by atoms with E-state index in [1.165, 1.54) is 37.9 Å². The minimum absolute atomic E-state index is 0. The SMILES string of the molecule is CCNC(=O)C(C)(C)CNC(=NC)N1CCSC2(CCCCC2)C1.I. The predicted octanol–water partition coefficient (Wildman–Crippen LogP) is 3.09. The zero-order valence-corrected chi connectivity index (χ0v) is 19.3. The molecule has 0 radical (unpaired) electrons. The molecule has 0 atom stereocenters. The molecule has 7 heteroatoms. The molecule has 0 aromatic rings. The van der Waals surface area contributed by atoms with E-state index in [1.807, 2.05) is 27.8 Å². The van der Waals surface area contributed by atoms with Gasteiger partial charge in [0.25, 0.3) is 0 Å². The van der Waals surface area contributed by atoms with Crippen molar-refractivity contribution in [3.05, 3.63) is 0 Å². The van der Waals surface area contributed by atoms with Crippen LogP contribution in [0, 0.1) is 5.41 Å². The fourth-order valence-electron chi connectivity index (χ4n) is 3.64. The number of nitrogens with one attached hydrogen (secondary N) is 2. The topological polar surface area (TPSA) is 56.7 Å². The van der Waals surface area contributed by atoms with Crippen molar-refractivity contribution in [2.24, 2.45) is 10.4 Å². The summed E-state index contributed by atoms with van der Waals surface area (Å²) in [6.07, 6.45) is 6.76. The summed E-state index contributed by atoms with van der Waals surface area (Å²) >= 11 is 2.16. The monoisotopic (exact) mass is 482 g/mol. The zero-order chi connectivity index (χ0) is 17.6. The number of carbonyl (C=O) groups excluding carboxylic acids is 1. The molecule has 25 heavy (non-hydrogen) atoms. The average Bonchev–Trinajstić information content (AvgIpc) is 2.56. The van der Waals surface area contributed by atoms with Crippen molar-refractivity contribution >= 4 is 47.6 Å². The molecule has 0 bridgehead atoms. The van der Waals surface area contributed by atoms with Crippen molar-refractivity contribution in [3.8, 4) is 0 Å². The molecule has 1 amide bonds. The Labute approximate surface area is 174 Å². The first-order chi connectivity index (χ1) is 11.4. The molecule has 1 saturated carbocycles. The lowest BCUT2D eigenvalue weighted by atomic mass is 9.87. The van der Waals surface area contributed by atoms with Crippen LogP contribution in [0.1, 0.15) is 52.9 Å². The molecule has 1 aliphatic carbocycles. The fraction of sp³-hybridized carbons (Fsp3) is 0.889. The van der Waals surface area contributed by atoms with Crippen LogP contribution in [0.3, 0.4) is 0 Å². The molecule has 0 aromatic heterocycles. The number of aliphatic imine (C=N–C) groups is 1. The maximum Gasteiger partial charge on any atom is 0.227 e. The van der Waals surface area contributed by atoms with Gasteiger partial charge in [-0.15, -0.1) is 24.0 Å². The molecule has 1 saturated heterocycles. The van der Waals surface area contributed by atoms with E-state index in [1.54, 1.807) is 0 Å². The van der Waals surface area contributed by atoms with E-state index in [9.17, 15) is 4.79 Å². The highest BCUT2D eigenvalue weighted by molar-refractivity contribution is 14.0. The fourth-order valence-corrected chi connectivity index (χ4v) is 5.21. The molecule has 2 rings (SSSR count). The molecule has 1 spiro atoms. The largest absolute Gasteiger partial charge is 0.356 e. The Morgan fingerprint density at radius 1 is 1.24 bits per heavy atom. The predicted molar refractivity (Wildman–Crippen MR) is 119 cm³/mol. The van der Waals surface area contributed by atoms with Crippen molar-refractivity contribution in [2.45, 2.75) is 57.6 Å². The Kier molecular flexibility index (Phi) is 9.36. The first-order valence-electron chi connectivity index (χ1n) is 9.30. The highest BCUT2D eigenvalue weighted by atomic mass is 127. The van der Waals surface area contributed by atoms with Gasteiger partial charge < -0.3 is 15.5 Å². The number of guanidine groups is 1. The van der Waals surface area contributed by atoms with E-state index < -0.39 is 5.41 Å². The van der Waals surface area contributed by atoms with E-state index in [0.717, 1.165) is 19.0 Å². The van der Waals surface area contributed by atoms with Gasteiger partial charge >= 0.3 is 0 Å². The van der Waals surface area contributed by atoms with Crippen LogP contribution in [0.4, 0.5) is 0 Å². The van der Waals surface area contributed by atoms with E-state index in [-0.39, 0.29) is 29.9 Å². The van der Waals surface area contributed by atoms with Gasteiger partial charge in [-0.3, -0.25) is 9.79 Å². The van der Waals surface area contributed by atoms with Crippen LogP contribution in [0.5, 0.6) is 0 Å². The molecule has 1 aliphatic heterocycles. The summed E-state index contributed by atoms with van der Waals surface area (Å²) in [6.45, 7) is 9.30. The lowest BCUT2D eigenvalue weighted by Crippen LogP contribution is -2.55. The van der Waals surface area contributed by atoms with Crippen LogP contribution in [0.15, 0.2) is 4.99 Å². The van der Waals surface area contributed by atoms with Gasteiger partial charge in [-0.05, 0) is 33.6 Å². The second-order valence-electron chi connectivity index (χ2n) is 7.66. The van der Waals surface area contributed by atoms with Crippen LogP contribution in [0.2, 0.25) is 0 Å². The molecular weight excluding hydrogens is 447 g/mol. The lowest BCUT2D eigenvalue weighted by molar-refractivity contribution is -0.128. The minimum atomic E-state index is -0.445. The number of rotatable bonds is 4. The summed E-state index contributed by atoms with van der Waals surface area (Å²) in [6, 6.07) is 0. The number of halogens is 1. The molecule has 1 heterocycles. The van der Waals surface area contributed by atoms with Crippen molar-refractivity contribution in [1.82, 2.24) is 15.5 Å². The number of thioether (sulfide) groups is 1. The number of amides is 1. The van der Waals surface area contributed by atoms with Crippen molar-refractivity contribution in [3.63, 3.8) is 0 Å². The third kappa shape index (κ3) is 6.19. The quantitative estimate of drug-likeness (QED) is 0.368. The van der Waals surface area contributed by atoms with Gasteiger partial charge in [-0.1, -0.05) is 19.3 Å². The smallest absolute Gasteiger partial charge is 0.227 e. The summed E-state index contributed by atoms with van der Waals surface area (Å²) in [5.74, 6) is 2.20. The highest BCUT2D eigenvalue weighted by Gasteiger charge is 2.38. The van der Waals surface area contributed by atoms with E-state index in [2.05, 4.69) is 32.3 Å².